The standard InChI is InChI=1S/C18H17FN2O7/c1-2-26-13-4-6-14(7-5-13)27-11-18(23)28-10-17(22)20-12-3-8-15(19)16(9-12)21(24)25/h3-9H,2,10-11H2,1H3,(H,20,22). The van der Waals surface area contributed by atoms with Gasteiger partial charge in [-0.1, -0.05) is 0 Å². The van der Waals surface area contributed by atoms with E-state index in [1.54, 1.807) is 24.3 Å². The number of esters is 1. The normalized spacial score (nSPS) is 10.1. The topological polar surface area (TPSA) is 117 Å². The Morgan fingerprint density at radius 1 is 1.07 bits per heavy atom. The minimum Gasteiger partial charge on any atom is -0.494 e. The van der Waals surface area contributed by atoms with Gasteiger partial charge in [0.05, 0.1) is 11.5 Å². The highest BCUT2D eigenvalue weighted by Crippen LogP contribution is 2.21. The lowest BCUT2D eigenvalue weighted by Gasteiger charge is -2.09. The maximum absolute atomic E-state index is 13.3. The van der Waals surface area contributed by atoms with Crippen LogP contribution < -0.4 is 14.8 Å². The van der Waals surface area contributed by atoms with Gasteiger partial charge in [0, 0.05) is 11.8 Å². The minimum atomic E-state index is -1.03. The van der Waals surface area contributed by atoms with Gasteiger partial charge in [-0.2, -0.15) is 4.39 Å². The zero-order valence-electron chi connectivity index (χ0n) is 14.8. The monoisotopic (exact) mass is 392 g/mol. The van der Waals surface area contributed by atoms with E-state index in [0.717, 1.165) is 18.2 Å². The first-order chi connectivity index (χ1) is 13.4. The zero-order chi connectivity index (χ0) is 20.5. The van der Waals surface area contributed by atoms with Gasteiger partial charge < -0.3 is 19.5 Å². The number of halogens is 1. The summed E-state index contributed by atoms with van der Waals surface area (Å²) in [5.74, 6) is -1.47. The Labute approximate surface area is 159 Å². The molecule has 2 rings (SSSR count). The van der Waals surface area contributed by atoms with E-state index in [-0.39, 0.29) is 5.69 Å². The summed E-state index contributed by atoms with van der Waals surface area (Å²) in [6, 6.07) is 9.46. The van der Waals surface area contributed by atoms with E-state index >= 15 is 0 Å². The maximum atomic E-state index is 13.3. The molecule has 0 heterocycles. The third-order valence-corrected chi connectivity index (χ3v) is 3.28. The van der Waals surface area contributed by atoms with Crippen molar-refractivity contribution in [3.63, 3.8) is 0 Å². The van der Waals surface area contributed by atoms with E-state index in [1.807, 2.05) is 6.92 Å². The molecule has 0 aliphatic rings. The van der Waals surface area contributed by atoms with Crippen LogP contribution in [0.4, 0.5) is 15.8 Å². The molecule has 1 amide bonds. The lowest BCUT2D eigenvalue weighted by atomic mass is 10.2. The van der Waals surface area contributed by atoms with Crippen LogP contribution in [0.5, 0.6) is 11.5 Å². The summed E-state index contributed by atoms with van der Waals surface area (Å²) in [7, 11) is 0. The number of benzene rings is 2. The predicted octanol–water partition coefficient (Wildman–Crippen LogP) is 2.69. The fraction of sp³-hybridized carbons (Fsp3) is 0.222. The Hall–Kier alpha value is -3.69. The molecule has 0 aromatic heterocycles. The number of nitro groups is 1. The highest BCUT2D eigenvalue weighted by molar-refractivity contribution is 5.93. The Bertz CT molecular complexity index is 856. The van der Waals surface area contributed by atoms with Crippen LogP contribution in [0.25, 0.3) is 0 Å². The number of hydrogen-bond acceptors (Lipinski definition) is 7. The lowest BCUT2D eigenvalue weighted by molar-refractivity contribution is -0.387. The Morgan fingerprint density at radius 2 is 1.71 bits per heavy atom. The molecule has 0 atom stereocenters. The van der Waals surface area contributed by atoms with Crippen molar-refractivity contribution in [2.24, 2.45) is 0 Å². The summed E-state index contributed by atoms with van der Waals surface area (Å²) >= 11 is 0. The van der Waals surface area contributed by atoms with Crippen molar-refractivity contribution < 1.29 is 33.1 Å². The number of ether oxygens (including phenoxy) is 3. The molecule has 0 saturated heterocycles. The molecule has 0 aliphatic carbocycles. The van der Waals surface area contributed by atoms with Gasteiger partial charge in [0.15, 0.2) is 13.2 Å². The van der Waals surface area contributed by atoms with Crippen molar-refractivity contribution in [3.8, 4) is 11.5 Å². The number of nitro benzene ring substituents is 1. The molecule has 0 aliphatic heterocycles. The van der Waals surface area contributed by atoms with Crippen molar-refractivity contribution >= 4 is 23.3 Å². The number of nitrogens with one attached hydrogen (secondary N) is 1. The van der Waals surface area contributed by atoms with Gasteiger partial charge in [-0.05, 0) is 43.3 Å². The number of rotatable bonds is 9. The Morgan fingerprint density at radius 3 is 2.32 bits per heavy atom. The average Bonchev–Trinajstić information content (AvgIpc) is 2.67. The molecule has 0 fully saturated rings. The molecule has 0 bridgehead atoms. The summed E-state index contributed by atoms with van der Waals surface area (Å²) < 4.78 is 28.5. The number of nitrogens with zero attached hydrogens (tertiary/aromatic N) is 1. The Balaban J connectivity index is 1.77. The number of anilines is 1. The van der Waals surface area contributed by atoms with Crippen molar-refractivity contribution in [3.05, 3.63) is 58.4 Å². The molecule has 28 heavy (non-hydrogen) atoms. The van der Waals surface area contributed by atoms with Gasteiger partial charge in [0.25, 0.3) is 5.91 Å². The van der Waals surface area contributed by atoms with Crippen LogP contribution in [0.1, 0.15) is 6.92 Å². The van der Waals surface area contributed by atoms with Gasteiger partial charge in [-0.15, -0.1) is 0 Å². The second kappa shape index (κ2) is 9.86. The minimum absolute atomic E-state index is 0.000197. The largest absolute Gasteiger partial charge is 0.494 e. The highest BCUT2D eigenvalue weighted by atomic mass is 19.1. The number of amides is 1. The summed E-state index contributed by atoms with van der Waals surface area (Å²) in [6.07, 6.45) is 0. The van der Waals surface area contributed by atoms with Crippen molar-refractivity contribution in [2.75, 3.05) is 25.1 Å². The molecule has 2 aromatic carbocycles. The summed E-state index contributed by atoms with van der Waals surface area (Å²) in [5, 5.41) is 12.9. The predicted molar refractivity (Wildman–Crippen MR) is 95.7 cm³/mol. The molecular formula is C18H17FN2O7. The third-order valence-electron chi connectivity index (χ3n) is 3.28. The SMILES string of the molecule is CCOc1ccc(OCC(=O)OCC(=O)Nc2ccc(F)c([N+](=O)[O-])c2)cc1. The van der Waals surface area contributed by atoms with Gasteiger partial charge in [0.1, 0.15) is 11.5 Å². The van der Waals surface area contributed by atoms with Crippen molar-refractivity contribution in [1.82, 2.24) is 0 Å². The third kappa shape index (κ3) is 6.24. The molecule has 0 spiro atoms. The molecule has 0 saturated carbocycles. The van der Waals surface area contributed by atoms with Crippen LogP contribution in [0.15, 0.2) is 42.5 Å². The van der Waals surface area contributed by atoms with Crippen LogP contribution in [0.2, 0.25) is 0 Å². The zero-order valence-corrected chi connectivity index (χ0v) is 14.8. The Kier molecular flexibility index (Phi) is 7.26. The first kappa shape index (κ1) is 20.6. The van der Waals surface area contributed by atoms with Crippen LogP contribution in [0.3, 0.4) is 0 Å². The second-order valence-electron chi connectivity index (χ2n) is 5.33. The van der Waals surface area contributed by atoms with E-state index in [0.29, 0.717) is 18.1 Å². The van der Waals surface area contributed by atoms with Crippen LogP contribution in [-0.4, -0.2) is 36.6 Å². The molecule has 0 radical (unpaired) electrons. The van der Waals surface area contributed by atoms with Gasteiger partial charge >= 0.3 is 11.7 Å². The average molecular weight is 392 g/mol. The van der Waals surface area contributed by atoms with E-state index in [1.165, 1.54) is 0 Å². The van der Waals surface area contributed by atoms with Gasteiger partial charge in [0.2, 0.25) is 5.82 Å². The number of carbonyl (C=O) groups excluding carboxylic acids is 2. The fourth-order valence-electron chi connectivity index (χ4n) is 2.06. The quantitative estimate of drug-likeness (QED) is 0.396. The second-order valence-corrected chi connectivity index (χ2v) is 5.33. The molecular weight excluding hydrogens is 375 g/mol. The molecule has 0 unspecified atom stereocenters. The maximum Gasteiger partial charge on any atom is 0.344 e. The number of hydrogen-bond donors (Lipinski definition) is 1. The smallest absolute Gasteiger partial charge is 0.344 e. The van der Waals surface area contributed by atoms with E-state index in [4.69, 9.17) is 14.2 Å². The highest BCUT2D eigenvalue weighted by Gasteiger charge is 2.16. The van der Waals surface area contributed by atoms with Crippen molar-refractivity contribution in [2.45, 2.75) is 6.92 Å². The van der Waals surface area contributed by atoms with Gasteiger partial charge in [-0.3, -0.25) is 14.9 Å². The summed E-state index contributed by atoms with van der Waals surface area (Å²) in [6.45, 7) is 1.34. The molecule has 2 aromatic rings. The molecule has 1 N–H and O–H groups in total. The summed E-state index contributed by atoms with van der Waals surface area (Å²) in [4.78, 5) is 33.2. The first-order valence-corrected chi connectivity index (χ1v) is 8.14. The van der Waals surface area contributed by atoms with Crippen LogP contribution >= 0.6 is 0 Å². The van der Waals surface area contributed by atoms with Crippen LogP contribution in [-0.2, 0) is 14.3 Å². The number of carbonyl (C=O) groups is 2. The molecule has 148 valence electrons. The van der Waals surface area contributed by atoms with E-state index in [9.17, 15) is 24.1 Å². The van der Waals surface area contributed by atoms with Gasteiger partial charge in [-0.25, -0.2) is 4.79 Å². The first-order valence-electron chi connectivity index (χ1n) is 8.14. The van der Waals surface area contributed by atoms with E-state index in [2.05, 4.69) is 5.32 Å². The molecule has 10 heteroatoms. The molecule has 9 nitrogen and oxygen atoms in total. The summed E-state index contributed by atoms with van der Waals surface area (Å²) in [5.41, 5.74) is -0.779. The van der Waals surface area contributed by atoms with E-state index < -0.39 is 41.5 Å². The van der Waals surface area contributed by atoms with Crippen molar-refractivity contribution in [1.29, 1.82) is 0 Å². The van der Waals surface area contributed by atoms with Crippen LogP contribution in [0, 0.1) is 15.9 Å². The lowest BCUT2D eigenvalue weighted by Crippen LogP contribution is -2.23. The fourth-order valence-corrected chi connectivity index (χ4v) is 2.06.